The molecule has 0 saturated carbocycles. The van der Waals surface area contributed by atoms with Gasteiger partial charge in [-0.15, -0.1) is 0 Å². The van der Waals surface area contributed by atoms with Gasteiger partial charge in [0.1, 0.15) is 5.75 Å². The Morgan fingerprint density at radius 2 is 1.97 bits per heavy atom. The molecule has 7 nitrogen and oxygen atoms in total. The molecule has 0 spiro atoms. The summed E-state index contributed by atoms with van der Waals surface area (Å²) < 4.78 is 5.18. The number of amides is 2. The van der Waals surface area contributed by atoms with Crippen molar-refractivity contribution in [2.24, 2.45) is 5.92 Å². The van der Waals surface area contributed by atoms with Gasteiger partial charge in [0.15, 0.2) is 0 Å². The molecule has 3 aromatic rings. The van der Waals surface area contributed by atoms with Gasteiger partial charge in [0.25, 0.3) is 5.91 Å². The summed E-state index contributed by atoms with van der Waals surface area (Å²) in [6.07, 6.45) is 1.36. The SMILES string of the molecule is COc1ccc(C(=O)N(C)[C@H]2C[C@H]3c4[nH]c5ccccc5c4CCN3C(=O)[C@H]2CO)cc1. The predicted octanol–water partition coefficient (Wildman–Crippen LogP) is 2.76. The summed E-state index contributed by atoms with van der Waals surface area (Å²) in [5.74, 6) is -0.226. The zero-order chi connectivity index (χ0) is 22.4. The largest absolute Gasteiger partial charge is 0.497 e. The lowest BCUT2D eigenvalue weighted by atomic mass is 9.81. The average Bonchev–Trinajstić information content (AvgIpc) is 3.22. The second-order valence-corrected chi connectivity index (χ2v) is 8.60. The van der Waals surface area contributed by atoms with Gasteiger partial charge in [0.2, 0.25) is 5.91 Å². The number of methoxy groups -OCH3 is 1. The summed E-state index contributed by atoms with van der Waals surface area (Å²) in [6, 6.07) is 14.6. The topological polar surface area (TPSA) is 85.9 Å². The van der Waals surface area contributed by atoms with Crippen LogP contribution in [0.5, 0.6) is 5.75 Å². The number of piperidine rings is 1. The highest BCUT2D eigenvalue weighted by Crippen LogP contribution is 2.42. The molecular weight excluding hydrogens is 406 g/mol. The van der Waals surface area contributed by atoms with Crippen molar-refractivity contribution in [2.45, 2.75) is 24.9 Å². The molecule has 2 N–H and O–H groups in total. The molecule has 166 valence electrons. The van der Waals surface area contributed by atoms with E-state index in [1.807, 2.05) is 17.0 Å². The maximum Gasteiger partial charge on any atom is 0.253 e. The lowest BCUT2D eigenvalue weighted by molar-refractivity contribution is -0.148. The molecule has 2 aliphatic heterocycles. The zero-order valence-electron chi connectivity index (χ0n) is 18.2. The lowest BCUT2D eigenvalue weighted by Gasteiger charge is -2.47. The quantitative estimate of drug-likeness (QED) is 0.663. The van der Waals surface area contributed by atoms with Gasteiger partial charge in [-0.25, -0.2) is 0 Å². The third kappa shape index (κ3) is 3.15. The number of nitrogens with one attached hydrogen (secondary N) is 1. The van der Waals surface area contributed by atoms with E-state index >= 15 is 0 Å². The normalized spacial score (nSPS) is 22.4. The lowest BCUT2D eigenvalue weighted by Crippen LogP contribution is -2.58. The van der Waals surface area contributed by atoms with Gasteiger partial charge >= 0.3 is 0 Å². The summed E-state index contributed by atoms with van der Waals surface area (Å²) in [6.45, 7) is 0.338. The molecule has 2 aromatic carbocycles. The van der Waals surface area contributed by atoms with Crippen LogP contribution in [0.3, 0.4) is 0 Å². The van der Waals surface area contributed by atoms with Gasteiger partial charge in [-0.3, -0.25) is 9.59 Å². The minimum atomic E-state index is -0.635. The maximum absolute atomic E-state index is 13.4. The molecule has 3 heterocycles. The number of ether oxygens (including phenoxy) is 1. The van der Waals surface area contributed by atoms with Crippen LogP contribution in [-0.2, 0) is 11.2 Å². The van der Waals surface area contributed by atoms with Crippen LogP contribution >= 0.6 is 0 Å². The molecule has 0 unspecified atom stereocenters. The fraction of sp³-hybridized carbons (Fsp3) is 0.360. The first kappa shape index (κ1) is 20.6. The monoisotopic (exact) mass is 433 g/mol. The van der Waals surface area contributed by atoms with Gasteiger partial charge < -0.3 is 24.6 Å². The molecule has 5 rings (SSSR count). The van der Waals surface area contributed by atoms with E-state index in [2.05, 4.69) is 17.1 Å². The molecule has 0 radical (unpaired) electrons. The van der Waals surface area contributed by atoms with Crippen molar-refractivity contribution >= 4 is 22.7 Å². The number of H-pyrrole nitrogens is 1. The van der Waals surface area contributed by atoms with Crippen molar-refractivity contribution in [3.8, 4) is 5.75 Å². The van der Waals surface area contributed by atoms with Gasteiger partial charge in [-0.1, -0.05) is 18.2 Å². The van der Waals surface area contributed by atoms with Crippen LogP contribution in [0.1, 0.15) is 34.1 Å². The number of benzene rings is 2. The van der Waals surface area contributed by atoms with E-state index in [-0.39, 0.29) is 24.5 Å². The summed E-state index contributed by atoms with van der Waals surface area (Å²) in [5.41, 5.74) is 3.89. The molecule has 3 atom stereocenters. The average molecular weight is 434 g/mol. The second-order valence-electron chi connectivity index (χ2n) is 8.60. The molecule has 1 aromatic heterocycles. The van der Waals surface area contributed by atoms with Crippen LogP contribution in [0.2, 0.25) is 0 Å². The minimum absolute atomic E-state index is 0.0903. The smallest absolute Gasteiger partial charge is 0.253 e. The number of hydrogen-bond acceptors (Lipinski definition) is 4. The number of nitrogens with zero attached hydrogens (tertiary/aromatic N) is 2. The first-order valence-electron chi connectivity index (χ1n) is 11.0. The van der Waals surface area contributed by atoms with E-state index in [9.17, 15) is 14.7 Å². The number of aromatic nitrogens is 1. The number of aliphatic hydroxyl groups excluding tert-OH is 1. The highest BCUT2D eigenvalue weighted by atomic mass is 16.5. The van der Waals surface area contributed by atoms with Crippen LogP contribution in [0.4, 0.5) is 0 Å². The van der Waals surface area contributed by atoms with Crippen molar-refractivity contribution in [1.29, 1.82) is 0 Å². The molecular formula is C25H27N3O4. The van der Waals surface area contributed by atoms with Crippen LogP contribution in [0.25, 0.3) is 10.9 Å². The Kier molecular flexibility index (Phi) is 5.13. The third-order valence-corrected chi connectivity index (χ3v) is 7.04. The van der Waals surface area contributed by atoms with Crippen molar-refractivity contribution in [3.05, 3.63) is 65.4 Å². The van der Waals surface area contributed by atoms with Crippen molar-refractivity contribution in [1.82, 2.24) is 14.8 Å². The highest BCUT2D eigenvalue weighted by molar-refractivity contribution is 5.95. The Hall–Kier alpha value is -3.32. The summed E-state index contributed by atoms with van der Waals surface area (Å²) >= 11 is 0. The Balaban J connectivity index is 1.48. The standard InChI is InChI=1S/C25H27N3O4/c1-27(24(30)15-7-9-16(32-2)10-8-15)21-13-22-23-18(17-5-3-4-6-20(17)26-23)11-12-28(22)25(31)19(21)14-29/h3-10,19,21-22,26,29H,11-14H2,1-2H3/t19-,21-,22-/m0/s1. The Labute approximate surface area is 186 Å². The molecule has 1 saturated heterocycles. The molecule has 32 heavy (non-hydrogen) atoms. The number of fused-ring (bicyclic) bond motifs is 5. The Morgan fingerprint density at radius 3 is 2.69 bits per heavy atom. The molecule has 0 aliphatic carbocycles. The van der Waals surface area contributed by atoms with Crippen LogP contribution in [0, 0.1) is 5.92 Å². The first-order valence-corrected chi connectivity index (χ1v) is 11.0. The molecule has 1 fully saturated rings. The first-order chi connectivity index (χ1) is 15.5. The predicted molar refractivity (Wildman–Crippen MR) is 121 cm³/mol. The van der Waals surface area contributed by atoms with Gasteiger partial charge in [0, 0.05) is 41.8 Å². The molecule has 2 aliphatic rings. The number of para-hydroxylation sites is 1. The van der Waals surface area contributed by atoms with Crippen molar-refractivity contribution in [2.75, 3.05) is 27.3 Å². The zero-order valence-corrected chi connectivity index (χ0v) is 18.2. The fourth-order valence-corrected chi connectivity index (χ4v) is 5.31. The number of aromatic amines is 1. The van der Waals surface area contributed by atoms with Crippen LogP contribution in [-0.4, -0.2) is 65.1 Å². The second kappa shape index (κ2) is 7.98. The van der Waals surface area contributed by atoms with E-state index in [1.54, 1.807) is 43.3 Å². The third-order valence-electron chi connectivity index (χ3n) is 7.04. The van der Waals surface area contributed by atoms with Crippen LogP contribution in [0.15, 0.2) is 48.5 Å². The van der Waals surface area contributed by atoms with E-state index in [4.69, 9.17) is 4.74 Å². The van der Waals surface area contributed by atoms with E-state index in [1.165, 1.54) is 10.9 Å². The van der Waals surface area contributed by atoms with Crippen molar-refractivity contribution < 1.29 is 19.4 Å². The Bertz CT molecular complexity index is 1170. The number of carbonyl (C=O) groups is 2. The summed E-state index contributed by atoms with van der Waals surface area (Å²) in [7, 11) is 3.30. The van der Waals surface area contributed by atoms with E-state index in [0.717, 1.165) is 17.6 Å². The Morgan fingerprint density at radius 1 is 1.22 bits per heavy atom. The molecule has 0 bridgehead atoms. The summed E-state index contributed by atoms with van der Waals surface area (Å²) in [5, 5.41) is 11.3. The number of aliphatic hydroxyl groups is 1. The van der Waals surface area contributed by atoms with Gasteiger partial charge in [0.05, 0.1) is 25.7 Å². The fourth-order valence-electron chi connectivity index (χ4n) is 5.31. The molecule has 7 heteroatoms. The molecule has 2 amide bonds. The number of hydrogen-bond donors (Lipinski definition) is 2. The van der Waals surface area contributed by atoms with E-state index < -0.39 is 12.0 Å². The van der Waals surface area contributed by atoms with Crippen molar-refractivity contribution in [3.63, 3.8) is 0 Å². The number of rotatable bonds is 4. The minimum Gasteiger partial charge on any atom is -0.497 e. The van der Waals surface area contributed by atoms with Crippen LogP contribution < -0.4 is 4.74 Å². The van der Waals surface area contributed by atoms with Gasteiger partial charge in [-0.05, 0) is 48.7 Å². The van der Waals surface area contributed by atoms with Gasteiger partial charge in [-0.2, -0.15) is 0 Å². The maximum atomic E-state index is 13.4. The van der Waals surface area contributed by atoms with E-state index in [0.29, 0.717) is 24.3 Å². The number of carbonyl (C=O) groups excluding carboxylic acids is 2. The highest BCUT2D eigenvalue weighted by Gasteiger charge is 2.47. The summed E-state index contributed by atoms with van der Waals surface area (Å²) in [4.78, 5) is 33.6.